The van der Waals surface area contributed by atoms with Gasteiger partial charge in [0.1, 0.15) is 15.2 Å². The van der Waals surface area contributed by atoms with Crippen LogP contribution in [0.25, 0.3) is 10.2 Å². The second-order valence-electron chi connectivity index (χ2n) is 5.47. The zero-order valence-electron chi connectivity index (χ0n) is 11.8. The van der Waals surface area contributed by atoms with E-state index in [0.29, 0.717) is 23.7 Å². The highest BCUT2D eigenvalue weighted by Gasteiger charge is 2.41. The number of nitrogens with two attached hydrogens (primary N) is 1. The third-order valence-corrected chi connectivity index (χ3v) is 4.91. The van der Waals surface area contributed by atoms with Crippen molar-refractivity contribution in [2.45, 2.75) is 19.4 Å². The minimum absolute atomic E-state index is 0.153. The topological polar surface area (TPSA) is 88.3 Å². The Labute approximate surface area is 125 Å². The summed E-state index contributed by atoms with van der Waals surface area (Å²) in [6, 6.07) is 3.64. The number of carbonyl (C=O) groups excluding carboxylic acids is 2. The number of piperazine rings is 1. The molecule has 1 aliphatic rings. The zero-order chi connectivity index (χ0) is 15.2. The maximum absolute atomic E-state index is 12.8. The first-order valence-corrected chi connectivity index (χ1v) is 7.48. The van der Waals surface area contributed by atoms with Gasteiger partial charge >= 0.3 is 0 Å². The van der Waals surface area contributed by atoms with Gasteiger partial charge in [-0.3, -0.25) is 9.59 Å². The monoisotopic (exact) mass is 304 g/mol. The summed E-state index contributed by atoms with van der Waals surface area (Å²) in [5, 5.41) is 3.56. The minimum Gasteiger partial charge on any atom is -0.397 e. The van der Waals surface area contributed by atoms with E-state index in [2.05, 4.69) is 10.3 Å². The van der Waals surface area contributed by atoms with Gasteiger partial charge in [-0.15, -0.1) is 11.3 Å². The number of nitrogens with zero attached hydrogens (tertiary/aromatic N) is 2. The number of hydrogen-bond donors (Lipinski definition) is 2. The smallest absolute Gasteiger partial charge is 0.267 e. The lowest BCUT2D eigenvalue weighted by atomic mass is 9.98. The lowest BCUT2D eigenvalue weighted by Crippen LogP contribution is -2.63. The second kappa shape index (κ2) is 4.70. The van der Waals surface area contributed by atoms with E-state index in [1.807, 2.05) is 6.07 Å². The number of pyridine rings is 1. The number of carbonyl (C=O) groups is 2. The molecular formula is C14H16N4O2S. The molecule has 0 bridgehead atoms. The molecule has 0 saturated carbocycles. The maximum atomic E-state index is 12.8. The fourth-order valence-electron chi connectivity index (χ4n) is 2.49. The van der Waals surface area contributed by atoms with Crippen LogP contribution in [0.15, 0.2) is 18.3 Å². The lowest BCUT2D eigenvalue weighted by molar-refractivity contribution is -0.133. The Morgan fingerprint density at radius 3 is 3.00 bits per heavy atom. The van der Waals surface area contributed by atoms with Crippen molar-refractivity contribution in [3.05, 3.63) is 23.2 Å². The van der Waals surface area contributed by atoms with E-state index >= 15 is 0 Å². The van der Waals surface area contributed by atoms with Crippen molar-refractivity contribution < 1.29 is 9.59 Å². The van der Waals surface area contributed by atoms with E-state index in [1.165, 1.54) is 11.3 Å². The third-order valence-electron chi connectivity index (χ3n) is 3.80. The van der Waals surface area contributed by atoms with Gasteiger partial charge in [-0.1, -0.05) is 0 Å². The van der Waals surface area contributed by atoms with Gasteiger partial charge in [0.05, 0.1) is 5.69 Å². The van der Waals surface area contributed by atoms with E-state index in [9.17, 15) is 9.59 Å². The number of nitrogen functional groups attached to an aromatic ring is 1. The van der Waals surface area contributed by atoms with Crippen LogP contribution in [0, 0.1) is 0 Å². The number of fused-ring (bicyclic) bond motifs is 1. The van der Waals surface area contributed by atoms with Crippen LogP contribution in [-0.2, 0) is 4.79 Å². The van der Waals surface area contributed by atoms with E-state index in [-0.39, 0.29) is 11.8 Å². The van der Waals surface area contributed by atoms with Crippen molar-refractivity contribution in [3.8, 4) is 0 Å². The summed E-state index contributed by atoms with van der Waals surface area (Å²) >= 11 is 1.27. The zero-order valence-corrected chi connectivity index (χ0v) is 12.7. The van der Waals surface area contributed by atoms with Crippen molar-refractivity contribution in [1.82, 2.24) is 15.2 Å². The van der Waals surface area contributed by atoms with E-state index in [1.54, 1.807) is 31.0 Å². The second-order valence-corrected chi connectivity index (χ2v) is 6.47. The minimum atomic E-state index is -0.884. The van der Waals surface area contributed by atoms with Gasteiger partial charge in [0.2, 0.25) is 5.91 Å². The Balaban J connectivity index is 2.04. The first-order chi connectivity index (χ1) is 9.93. The fourth-order valence-corrected chi connectivity index (χ4v) is 3.50. The SMILES string of the molecule is CC1(C)C(=O)NCCN1C(=O)c1sc2ncccc2c1N. The molecule has 0 aliphatic carbocycles. The predicted octanol–water partition coefficient (Wildman–Crippen LogP) is 1.23. The molecule has 2 aromatic rings. The Morgan fingerprint density at radius 2 is 2.29 bits per heavy atom. The molecule has 0 radical (unpaired) electrons. The molecule has 3 heterocycles. The fraction of sp³-hybridized carbons (Fsp3) is 0.357. The van der Waals surface area contributed by atoms with Gasteiger partial charge in [-0.2, -0.15) is 0 Å². The molecule has 3 rings (SSSR count). The highest BCUT2D eigenvalue weighted by molar-refractivity contribution is 7.21. The van der Waals surface area contributed by atoms with Gasteiger partial charge < -0.3 is 16.0 Å². The van der Waals surface area contributed by atoms with Gasteiger partial charge in [-0.05, 0) is 26.0 Å². The summed E-state index contributed by atoms with van der Waals surface area (Å²) in [6.07, 6.45) is 1.67. The van der Waals surface area contributed by atoms with E-state index in [0.717, 1.165) is 10.2 Å². The van der Waals surface area contributed by atoms with Crippen molar-refractivity contribution in [3.63, 3.8) is 0 Å². The molecule has 7 heteroatoms. The summed E-state index contributed by atoms with van der Waals surface area (Å²) in [5.41, 5.74) is 5.65. The van der Waals surface area contributed by atoms with Crippen LogP contribution in [0.5, 0.6) is 0 Å². The normalized spacial score (nSPS) is 17.8. The van der Waals surface area contributed by atoms with Crippen LogP contribution in [0.2, 0.25) is 0 Å². The van der Waals surface area contributed by atoms with Crippen LogP contribution >= 0.6 is 11.3 Å². The molecule has 1 aliphatic heterocycles. The number of nitrogens with one attached hydrogen (secondary N) is 1. The van der Waals surface area contributed by atoms with Crippen LogP contribution in [0.1, 0.15) is 23.5 Å². The van der Waals surface area contributed by atoms with Gasteiger partial charge in [0, 0.05) is 24.7 Å². The van der Waals surface area contributed by atoms with Crippen LogP contribution in [0.3, 0.4) is 0 Å². The number of anilines is 1. The summed E-state index contributed by atoms with van der Waals surface area (Å²) in [7, 11) is 0. The molecule has 0 atom stereocenters. The first-order valence-electron chi connectivity index (χ1n) is 6.66. The Hall–Kier alpha value is -2.15. The Morgan fingerprint density at radius 1 is 1.52 bits per heavy atom. The standard InChI is InChI=1S/C14H16N4O2S/c1-14(2)13(20)17-6-7-18(14)12(19)10-9(15)8-4-3-5-16-11(8)21-10/h3-5H,6-7,15H2,1-2H3,(H,17,20). The summed E-state index contributed by atoms with van der Waals surface area (Å²) in [5.74, 6) is -0.366. The van der Waals surface area contributed by atoms with E-state index < -0.39 is 5.54 Å². The molecule has 2 amide bonds. The number of aromatic nitrogens is 1. The van der Waals surface area contributed by atoms with Gasteiger partial charge in [-0.25, -0.2) is 4.98 Å². The molecule has 6 nitrogen and oxygen atoms in total. The number of thiophene rings is 1. The van der Waals surface area contributed by atoms with Crippen LogP contribution in [-0.4, -0.2) is 40.3 Å². The quantitative estimate of drug-likeness (QED) is 0.829. The molecular weight excluding hydrogens is 288 g/mol. The van der Waals surface area contributed by atoms with Crippen molar-refractivity contribution >= 4 is 39.1 Å². The molecule has 1 saturated heterocycles. The molecule has 21 heavy (non-hydrogen) atoms. The summed E-state index contributed by atoms with van der Waals surface area (Å²) < 4.78 is 0. The van der Waals surface area contributed by atoms with Crippen molar-refractivity contribution in [2.24, 2.45) is 0 Å². The highest BCUT2D eigenvalue weighted by Crippen LogP contribution is 2.34. The molecule has 0 spiro atoms. The molecule has 3 N–H and O–H groups in total. The highest BCUT2D eigenvalue weighted by atomic mass is 32.1. The number of rotatable bonds is 1. The predicted molar refractivity (Wildman–Crippen MR) is 82.2 cm³/mol. The molecule has 0 unspecified atom stereocenters. The van der Waals surface area contributed by atoms with Crippen molar-refractivity contribution in [2.75, 3.05) is 18.8 Å². The first kappa shape index (κ1) is 13.8. The average Bonchev–Trinajstić information content (AvgIpc) is 2.79. The molecule has 110 valence electrons. The van der Waals surface area contributed by atoms with Crippen LogP contribution < -0.4 is 11.1 Å². The Bertz CT molecular complexity index is 738. The average molecular weight is 304 g/mol. The largest absolute Gasteiger partial charge is 0.397 e. The lowest BCUT2D eigenvalue weighted by Gasteiger charge is -2.41. The number of hydrogen-bond acceptors (Lipinski definition) is 5. The van der Waals surface area contributed by atoms with Crippen LogP contribution in [0.4, 0.5) is 5.69 Å². The maximum Gasteiger partial charge on any atom is 0.267 e. The molecule has 0 aromatic carbocycles. The third kappa shape index (κ3) is 2.04. The van der Waals surface area contributed by atoms with Crippen molar-refractivity contribution in [1.29, 1.82) is 0 Å². The van der Waals surface area contributed by atoms with Gasteiger partial charge in [0.25, 0.3) is 5.91 Å². The Kier molecular flexibility index (Phi) is 3.09. The molecule has 1 fully saturated rings. The van der Waals surface area contributed by atoms with Gasteiger partial charge in [0.15, 0.2) is 0 Å². The number of amides is 2. The summed E-state index contributed by atoms with van der Waals surface area (Å²) in [6.45, 7) is 4.40. The summed E-state index contributed by atoms with van der Waals surface area (Å²) in [4.78, 5) is 31.8. The molecule has 2 aromatic heterocycles. The van der Waals surface area contributed by atoms with E-state index in [4.69, 9.17) is 5.73 Å².